The van der Waals surface area contributed by atoms with Crippen LogP contribution in [0.1, 0.15) is 29.6 Å². The van der Waals surface area contributed by atoms with Gasteiger partial charge in [-0.05, 0) is 43.5 Å². The van der Waals surface area contributed by atoms with E-state index in [0.29, 0.717) is 5.56 Å². The van der Waals surface area contributed by atoms with Crippen LogP contribution in [0.25, 0.3) is 0 Å². The number of benzene rings is 1. The molecule has 1 rings (SSSR count). The number of aliphatic hydroxyl groups is 1. The highest BCUT2D eigenvalue weighted by molar-refractivity contribution is 5.87. The fourth-order valence-electron chi connectivity index (χ4n) is 1.38. The van der Waals surface area contributed by atoms with E-state index in [1.165, 1.54) is 0 Å². The number of rotatable bonds is 7. The van der Waals surface area contributed by atoms with E-state index >= 15 is 0 Å². The second-order valence-corrected chi connectivity index (χ2v) is 3.59. The van der Waals surface area contributed by atoms with Crippen LogP contribution in [0.2, 0.25) is 0 Å². The smallest absolute Gasteiger partial charge is 0.335 e. The third-order valence-electron chi connectivity index (χ3n) is 2.30. The monoisotopic (exact) mass is 223 g/mol. The minimum atomic E-state index is -0.908. The van der Waals surface area contributed by atoms with Crippen LogP contribution in [0.5, 0.6) is 0 Å². The van der Waals surface area contributed by atoms with Crippen LogP contribution in [-0.4, -0.2) is 29.3 Å². The van der Waals surface area contributed by atoms with Crippen LogP contribution >= 0.6 is 0 Å². The summed E-state index contributed by atoms with van der Waals surface area (Å²) >= 11 is 0. The van der Waals surface area contributed by atoms with Gasteiger partial charge in [0.2, 0.25) is 0 Å². The summed E-state index contributed by atoms with van der Waals surface area (Å²) in [5.74, 6) is -0.908. The molecule has 0 unspecified atom stereocenters. The molecule has 0 saturated carbocycles. The Labute approximate surface area is 94.9 Å². The molecule has 0 aliphatic carbocycles. The van der Waals surface area contributed by atoms with Gasteiger partial charge in [-0.3, -0.25) is 0 Å². The van der Waals surface area contributed by atoms with Crippen LogP contribution in [0.15, 0.2) is 24.3 Å². The molecule has 0 spiro atoms. The molecule has 88 valence electrons. The van der Waals surface area contributed by atoms with E-state index in [-0.39, 0.29) is 6.61 Å². The van der Waals surface area contributed by atoms with Crippen molar-refractivity contribution in [3.63, 3.8) is 0 Å². The molecular weight excluding hydrogens is 206 g/mol. The number of nitrogens with one attached hydrogen (secondary N) is 1. The van der Waals surface area contributed by atoms with E-state index in [1.54, 1.807) is 24.3 Å². The topological polar surface area (TPSA) is 69.6 Å². The maximum absolute atomic E-state index is 10.6. The third kappa shape index (κ3) is 4.31. The van der Waals surface area contributed by atoms with Crippen molar-refractivity contribution in [2.24, 2.45) is 0 Å². The molecule has 1 aromatic carbocycles. The van der Waals surface area contributed by atoms with Gasteiger partial charge in [0, 0.05) is 18.8 Å². The van der Waals surface area contributed by atoms with Crippen molar-refractivity contribution in [2.75, 3.05) is 18.5 Å². The van der Waals surface area contributed by atoms with Crippen LogP contribution in [-0.2, 0) is 0 Å². The lowest BCUT2D eigenvalue weighted by molar-refractivity contribution is 0.0697. The summed E-state index contributed by atoms with van der Waals surface area (Å²) in [6, 6.07) is 6.68. The molecule has 0 atom stereocenters. The van der Waals surface area contributed by atoms with Gasteiger partial charge < -0.3 is 15.5 Å². The average Bonchev–Trinajstić information content (AvgIpc) is 2.29. The Morgan fingerprint density at radius 3 is 2.38 bits per heavy atom. The van der Waals surface area contributed by atoms with Gasteiger partial charge in [-0.1, -0.05) is 0 Å². The maximum Gasteiger partial charge on any atom is 0.335 e. The molecule has 4 nitrogen and oxygen atoms in total. The minimum Gasteiger partial charge on any atom is -0.478 e. The van der Waals surface area contributed by atoms with Gasteiger partial charge in [-0.25, -0.2) is 4.79 Å². The van der Waals surface area contributed by atoms with Crippen LogP contribution in [0.4, 0.5) is 5.69 Å². The molecule has 0 aliphatic rings. The van der Waals surface area contributed by atoms with Gasteiger partial charge in [-0.2, -0.15) is 0 Å². The SMILES string of the molecule is O=C(O)c1ccc(NCCCCCO)cc1. The Balaban J connectivity index is 2.29. The molecule has 4 heteroatoms. The van der Waals surface area contributed by atoms with Gasteiger partial charge in [0.05, 0.1) is 5.56 Å². The second-order valence-electron chi connectivity index (χ2n) is 3.59. The molecule has 0 saturated heterocycles. The van der Waals surface area contributed by atoms with E-state index in [2.05, 4.69) is 5.32 Å². The summed E-state index contributed by atoms with van der Waals surface area (Å²) in [7, 11) is 0. The van der Waals surface area contributed by atoms with Crippen molar-refractivity contribution >= 4 is 11.7 Å². The van der Waals surface area contributed by atoms with Gasteiger partial charge in [0.25, 0.3) is 0 Å². The highest BCUT2D eigenvalue weighted by atomic mass is 16.4. The maximum atomic E-state index is 10.6. The van der Waals surface area contributed by atoms with Crippen molar-refractivity contribution in [2.45, 2.75) is 19.3 Å². The molecule has 0 radical (unpaired) electrons. The Morgan fingerprint density at radius 1 is 1.12 bits per heavy atom. The first kappa shape index (κ1) is 12.5. The number of hydrogen-bond donors (Lipinski definition) is 3. The van der Waals surface area contributed by atoms with Crippen LogP contribution < -0.4 is 5.32 Å². The largest absolute Gasteiger partial charge is 0.478 e. The fourth-order valence-corrected chi connectivity index (χ4v) is 1.38. The van der Waals surface area contributed by atoms with Gasteiger partial charge >= 0.3 is 5.97 Å². The van der Waals surface area contributed by atoms with Gasteiger partial charge in [0.15, 0.2) is 0 Å². The molecule has 0 amide bonds. The summed E-state index contributed by atoms with van der Waals surface area (Å²) in [5, 5.41) is 20.5. The van der Waals surface area contributed by atoms with Crippen molar-refractivity contribution in [3.05, 3.63) is 29.8 Å². The Bertz CT molecular complexity index is 322. The van der Waals surface area contributed by atoms with Gasteiger partial charge in [-0.15, -0.1) is 0 Å². The zero-order chi connectivity index (χ0) is 11.8. The average molecular weight is 223 g/mol. The van der Waals surface area contributed by atoms with Crippen molar-refractivity contribution in [1.82, 2.24) is 0 Å². The highest BCUT2D eigenvalue weighted by Gasteiger charge is 2.00. The summed E-state index contributed by atoms with van der Waals surface area (Å²) in [6.45, 7) is 1.08. The third-order valence-corrected chi connectivity index (χ3v) is 2.30. The lowest BCUT2D eigenvalue weighted by Crippen LogP contribution is -2.02. The molecule has 1 aromatic rings. The molecule has 0 heterocycles. The van der Waals surface area contributed by atoms with Crippen molar-refractivity contribution in [3.8, 4) is 0 Å². The first-order chi connectivity index (χ1) is 7.74. The molecule has 0 fully saturated rings. The Kier molecular flexibility index (Phi) is 5.36. The predicted octanol–water partition coefficient (Wildman–Crippen LogP) is 1.96. The van der Waals surface area contributed by atoms with Gasteiger partial charge in [0.1, 0.15) is 0 Å². The summed E-state index contributed by atoms with van der Waals surface area (Å²) < 4.78 is 0. The lowest BCUT2D eigenvalue weighted by Gasteiger charge is -2.05. The minimum absolute atomic E-state index is 0.243. The number of aromatic carboxylic acids is 1. The zero-order valence-electron chi connectivity index (χ0n) is 9.15. The molecule has 16 heavy (non-hydrogen) atoms. The van der Waals surface area contributed by atoms with E-state index in [9.17, 15) is 4.79 Å². The van der Waals surface area contributed by atoms with Crippen molar-refractivity contribution in [1.29, 1.82) is 0 Å². The van der Waals surface area contributed by atoms with Crippen molar-refractivity contribution < 1.29 is 15.0 Å². The molecule has 0 aliphatic heterocycles. The number of carboxylic acid groups (broad SMARTS) is 1. The number of unbranched alkanes of at least 4 members (excludes halogenated alkanes) is 2. The summed E-state index contributed by atoms with van der Waals surface area (Å²) in [4.78, 5) is 10.6. The second kappa shape index (κ2) is 6.85. The molecule has 3 N–H and O–H groups in total. The highest BCUT2D eigenvalue weighted by Crippen LogP contribution is 2.09. The first-order valence-electron chi connectivity index (χ1n) is 5.42. The van der Waals surface area contributed by atoms with Crippen LogP contribution in [0, 0.1) is 0 Å². The summed E-state index contributed by atoms with van der Waals surface area (Å²) in [5.41, 5.74) is 1.22. The summed E-state index contributed by atoms with van der Waals surface area (Å²) in [6.07, 6.45) is 2.83. The number of carboxylic acids is 1. The quantitative estimate of drug-likeness (QED) is 0.618. The number of anilines is 1. The zero-order valence-corrected chi connectivity index (χ0v) is 9.15. The van der Waals surface area contributed by atoms with E-state index in [1.807, 2.05) is 0 Å². The Hall–Kier alpha value is -1.55. The van der Waals surface area contributed by atoms with E-state index < -0.39 is 5.97 Å². The standard InChI is InChI=1S/C12H17NO3/c14-9-3-1-2-8-13-11-6-4-10(5-7-11)12(15)16/h4-7,13-14H,1-3,8-9H2,(H,15,16). The normalized spacial score (nSPS) is 10.1. The fraction of sp³-hybridized carbons (Fsp3) is 0.417. The molecule has 0 aromatic heterocycles. The first-order valence-corrected chi connectivity index (χ1v) is 5.42. The Morgan fingerprint density at radius 2 is 1.81 bits per heavy atom. The van der Waals surface area contributed by atoms with E-state index in [4.69, 9.17) is 10.2 Å². The number of aliphatic hydroxyl groups excluding tert-OH is 1. The molecular formula is C12H17NO3. The van der Waals surface area contributed by atoms with Crippen LogP contribution in [0.3, 0.4) is 0 Å². The molecule has 0 bridgehead atoms. The van der Waals surface area contributed by atoms with E-state index in [0.717, 1.165) is 31.5 Å². The lowest BCUT2D eigenvalue weighted by atomic mass is 10.2. The number of carbonyl (C=O) groups is 1. The predicted molar refractivity (Wildman–Crippen MR) is 62.8 cm³/mol. The number of hydrogen-bond acceptors (Lipinski definition) is 3.